The fourth-order valence-corrected chi connectivity index (χ4v) is 3.49. The second-order valence-corrected chi connectivity index (χ2v) is 9.83. The SMILES string of the molecule is CN(C)S(=O)(=O)c1ccc(-c2nnc(NC(=O)C(C)(C)Oc3ccc(Cl)cc3)o2)cc1. The summed E-state index contributed by atoms with van der Waals surface area (Å²) in [7, 11) is -0.637. The molecular formula is C20H21ClN4O5S. The Morgan fingerprint density at radius 2 is 1.68 bits per heavy atom. The van der Waals surface area contributed by atoms with Crippen LogP contribution in [0.3, 0.4) is 0 Å². The van der Waals surface area contributed by atoms with E-state index in [9.17, 15) is 13.2 Å². The van der Waals surface area contributed by atoms with Gasteiger partial charge in [-0.05, 0) is 62.4 Å². The Hall–Kier alpha value is -2.95. The van der Waals surface area contributed by atoms with Crippen molar-refractivity contribution in [3.05, 3.63) is 53.6 Å². The number of benzene rings is 2. The number of anilines is 1. The minimum Gasteiger partial charge on any atom is -0.478 e. The molecule has 1 amide bonds. The molecule has 0 saturated carbocycles. The highest BCUT2D eigenvalue weighted by molar-refractivity contribution is 7.89. The number of halogens is 1. The van der Waals surface area contributed by atoms with Gasteiger partial charge in [-0.15, -0.1) is 5.10 Å². The lowest BCUT2D eigenvalue weighted by molar-refractivity contribution is -0.128. The predicted molar refractivity (Wildman–Crippen MR) is 115 cm³/mol. The molecule has 0 aliphatic rings. The molecule has 11 heteroatoms. The summed E-state index contributed by atoms with van der Waals surface area (Å²) >= 11 is 5.86. The van der Waals surface area contributed by atoms with Crippen molar-refractivity contribution in [1.82, 2.24) is 14.5 Å². The lowest BCUT2D eigenvalue weighted by Crippen LogP contribution is -2.42. The Kier molecular flexibility index (Phi) is 6.35. The van der Waals surface area contributed by atoms with Gasteiger partial charge < -0.3 is 9.15 Å². The normalized spacial score (nSPS) is 12.1. The van der Waals surface area contributed by atoms with Gasteiger partial charge in [0.25, 0.3) is 5.91 Å². The molecule has 9 nitrogen and oxygen atoms in total. The number of carbonyl (C=O) groups excluding carboxylic acids is 1. The quantitative estimate of drug-likeness (QED) is 0.569. The van der Waals surface area contributed by atoms with E-state index < -0.39 is 21.5 Å². The third kappa shape index (κ3) is 5.22. The van der Waals surface area contributed by atoms with Crippen LogP contribution in [-0.4, -0.2) is 48.5 Å². The third-order valence-electron chi connectivity index (χ3n) is 4.26. The van der Waals surface area contributed by atoms with Crippen molar-refractivity contribution >= 4 is 33.5 Å². The number of aromatic nitrogens is 2. The van der Waals surface area contributed by atoms with E-state index in [1.807, 2.05) is 0 Å². The zero-order chi connectivity index (χ0) is 22.8. The van der Waals surface area contributed by atoms with E-state index >= 15 is 0 Å². The predicted octanol–water partition coefficient (Wildman–Crippen LogP) is 3.44. The Labute approximate surface area is 185 Å². The number of hydrogen-bond acceptors (Lipinski definition) is 7. The van der Waals surface area contributed by atoms with Gasteiger partial charge in [-0.3, -0.25) is 10.1 Å². The lowest BCUT2D eigenvalue weighted by atomic mass is 10.1. The number of rotatable bonds is 7. The number of hydrogen-bond donors (Lipinski definition) is 1. The van der Waals surface area contributed by atoms with Crippen LogP contribution < -0.4 is 10.1 Å². The fourth-order valence-electron chi connectivity index (χ4n) is 2.46. The molecule has 0 unspecified atom stereocenters. The summed E-state index contributed by atoms with van der Waals surface area (Å²) in [6.45, 7) is 3.19. The van der Waals surface area contributed by atoms with Gasteiger partial charge in [-0.1, -0.05) is 16.7 Å². The molecular weight excluding hydrogens is 444 g/mol. The van der Waals surface area contributed by atoms with E-state index in [4.69, 9.17) is 20.8 Å². The van der Waals surface area contributed by atoms with E-state index in [2.05, 4.69) is 15.5 Å². The van der Waals surface area contributed by atoms with Gasteiger partial charge in [0.05, 0.1) is 4.90 Å². The Morgan fingerprint density at radius 1 is 1.06 bits per heavy atom. The molecule has 2 aromatic carbocycles. The molecule has 1 aromatic heterocycles. The van der Waals surface area contributed by atoms with Gasteiger partial charge in [0.1, 0.15) is 5.75 Å². The van der Waals surface area contributed by atoms with Crippen LogP contribution in [0.25, 0.3) is 11.5 Å². The minimum atomic E-state index is -3.54. The summed E-state index contributed by atoms with van der Waals surface area (Å²) in [5, 5.41) is 10.8. The molecule has 3 rings (SSSR count). The number of ether oxygens (including phenoxy) is 1. The Bertz CT molecular complexity index is 1170. The zero-order valence-corrected chi connectivity index (χ0v) is 18.9. The van der Waals surface area contributed by atoms with Crippen molar-refractivity contribution in [3.63, 3.8) is 0 Å². The Morgan fingerprint density at radius 3 is 2.26 bits per heavy atom. The summed E-state index contributed by atoms with van der Waals surface area (Å²) in [4.78, 5) is 12.7. The van der Waals surface area contributed by atoms with E-state index in [-0.39, 0.29) is 16.8 Å². The van der Waals surface area contributed by atoms with Crippen LogP contribution in [0.1, 0.15) is 13.8 Å². The second-order valence-electron chi connectivity index (χ2n) is 7.24. The number of carbonyl (C=O) groups is 1. The highest BCUT2D eigenvalue weighted by Gasteiger charge is 2.31. The van der Waals surface area contributed by atoms with Gasteiger partial charge in [0, 0.05) is 24.7 Å². The van der Waals surface area contributed by atoms with E-state index in [0.29, 0.717) is 16.3 Å². The molecule has 1 heterocycles. The highest BCUT2D eigenvalue weighted by Crippen LogP contribution is 2.25. The van der Waals surface area contributed by atoms with Gasteiger partial charge in [0.2, 0.25) is 15.9 Å². The van der Waals surface area contributed by atoms with Gasteiger partial charge >= 0.3 is 6.01 Å². The average molecular weight is 465 g/mol. The van der Waals surface area contributed by atoms with Crippen LogP contribution in [0.4, 0.5) is 6.01 Å². The zero-order valence-electron chi connectivity index (χ0n) is 17.3. The van der Waals surface area contributed by atoms with E-state index in [1.54, 1.807) is 50.2 Å². The van der Waals surface area contributed by atoms with Crippen molar-refractivity contribution in [1.29, 1.82) is 0 Å². The molecule has 3 aromatic rings. The maximum atomic E-state index is 12.6. The third-order valence-corrected chi connectivity index (χ3v) is 6.34. The first-order valence-corrected chi connectivity index (χ1v) is 10.9. The average Bonchev–Trinajstić information content (AvgIpc) is 3.18. The molecule has 31 heavy (non-hydrogen) atoms. The van der Waals surface area contributed by atoms with Gasteiger partial charge in [-0.2, -0.15) is 0 Å². The summed E-state index contributed by atoms with van der Waals surface area (Å²) < 4.78 is 36.6. The topological polar surface area (TPSA) is 115 Å². The van der Waals surface area contributed by atoms with Gasteiger partial charge in [-0.25, -0.2) is 12.7 Å². The first-order chi connectivity index (χ1) is 14.5. The highest BCUT2D eigenvalue weighted by atomic mass is 35.5. The van der Waals surface area contributed by atoms with Crippen LogP contribution in [0.5, 0.6) is 5.75 Å². The van der Waals surface area contributed by atoms with Crippen LogP contribution >= 0.6 is 11.6 Å². The van der Waals surface area contributed by atoms with Crippen molar-refractivity contribution in [2.45, 2.75) is 24.3 Å². The maximum absolute atomic E-state index is 12.6. The van der Waals surface area contributed by atoms with Crippen LogP contribution in [0.15, 0.2) is 57.8 Å². The summed E-state index contributed by atoms with van der Waals surface area (Å²) in [6, 6.07) is 12.5. The van der Waals surface area contributed by atoms with Crippen molar-refractivity contribution in [2.24, 2.45) is 0 Å². The minimum absolute atomic E-state index is 0.113. The van der Waals surface area contributed by atoms with Crippen molar-refractivity contribution < 1.29 is 22.4 Å². The summed E-state index contributed by atoms with van der Waals surface area (Å²) in [5.41, 5.74) is -0.729. The van der Waals surface area contributed by atoms with Crippen molar-refractivity contribution in [3.8, 4) is 17.2 Å². The van der Waals surface area contributed by atoms with Gasteiger partial charge in [0.15, 0.2) is 5.60 Å². The van der Waals surface area contributed by atoms with Crippen LogP contribution in [0, 0.1) is 0 Å². The van der Waals surface area contributed by atoms with Crippen molar-refractivity contribution in [2.75, 3.05) is 19.4 Å². The molecule has 0 radical (unpaired) electrons. The molecule has 0 saturated heterocycles. The monoisotopic (exact) mass is 464 g/mol. The first-order valence-electron chi connectivity index (χ1n) is 9.11. The molecule has 164 valence electrons. The van der Waals surface area contributed by atoms with E-state index in [0.717, 1.165) is 4.31 Å². The molecule has 0 aliphatic carbocycles. The fraction of sp³-hybridized carbons (Fsp3) is 0.250. The lowest BCUT2D eigenvalue weighted by Gasteiger charge is -2.24. The molecule has 0 atom stereocenters. The molecule has 1 N–H and O–H groups in total. The molecule has 0 bridgehead atoms. The maximum Gasteiger partial charge on any atom is 0.322 e. The Balaban J connectivity index is 1.70. The molecule has 0 fully saturated rings. The standard InChI is InChI=1S/C20H21ClN4O5S/c1-20(2,30-15-9-7-14(21)8-10-15)18(26)22-19-24-23-17(29-19)13-5-11-16(12-6-13)31(27,28)25(3)4/h5-12H,1-4H3,(H,22,24,26). The summed E-state index contributed by atoms with van der Waals surface area (Å²) in [6.07, 6.45) is 0. The van der Waals surface area contributed by atoms with Crippen LogP contribution in [0.2, 0.25) is 5.02 Å². The number of nitrogens with one attached hydrogen (secondary N) is 1. The molecule has 0 spiro atoms. The first kappa shape index (κ1) is 22.7. The largest absolute Gasteiger partial charge is 0.478 e. The van der Waals surface area contributed by atoms with Crippen LogP contribution in [-0.2, 0) is 14.8 Å². The second kappa shape index (κ2) is 8.66. The smallest absolute Gasteiger partial charge is 0.322 e. The number of sulfonamides is 1. The molecule has 0 aliphatic heterocycles. The summed E-state index contributed by atoms with van der Waals surface area (Å²) in [5.74, 6) is 0.106. The number of amides is 1. The number of nitrogens with zero attached hydrogens (tertiary/aromatic N) is 3. The van der Waals surface area contributed by atoms with E-state index in [1.165, 1.54) is 26.2 Å².